The first-order valence-electron chi connectivity index (χ1n) is 7.68. The fourth-order valence-corrected chi connectivity index (χ4v) is 3.28. The Hall–Kier alpha value is -0.900. The van der Waals surface area contributed by atoms with Gasteiger partial charge in [0.15, 0.2) is 0 Å². The molecule has 2 atom stereocenters. The average molecular weight is 276 g/mol. The highest BCUT2D eigenvalue weighted by Crippen LogP contribution is 2.34. The predicted molar refractivity (Wildman–Crippen MR) is 84.1 cm³/mol. The number of likely N-dealkylation sites (N-methyl/N-ethyl adjacent to an activating group) is 1. The standard InChI is InChI=1S/C17H28N2O/c1-5-17(3,19-10-12-20-13-11-19)16(18-4)15-8-6-14(2)7-9-15/h6-9,16,18H,5,10-13H2,1-4H3. The van der Waals surface area contributed by atoms with Crippen molar-refractivity contribution in [2.24, 2.45) is 0 Å². The van der Waals surface area contributed by atoms with Crippen molar-refractivity contribution in [2.45, 2.75) is 38.8 Å². The number of rotatable bonds is 5. The highest BCUT2D eigenvalue weighted by molar-refractivity contribution is 5.27. The fraction of sp³-hybridized carbons (Fsp3) is 0.647. The Morgan fingerprint density at radius 1 is 1.25 bits per heavy atom. The Kier molecular flexibility index (Phi) is 5.19. The first-order valence-corrected chi connectivity index (χ1v) is 7.68. The highest BCUT2D eigenvalue weighted by atomic mass is 16.5. The Balaban J connectivity index is 2.27. The third-order valence-electron chi connectivity index (χ3n) is 4.77. The zero-order chi connectivity index (χ0) is 14.6. The first-order chi connectivity index (χ1) is 9.61. The number of benzene rings is 1. The number of hydrogen-bond acceptors (Lipinski definition) is 3. The van der Waals surface area contributed by atoms with Gasteiger partial charge in [-0.2, -0.15) is 0 Å². The molecule has 1 aliphatic heterocycles. The van der Waals surface area contributed by atoms with Gasteiger partial charge in [0, 0.05) is 18.6 Å². The van der Waals surface area contributed by atoms with Crippen molar-refractivity contribution >= 4 is 0 Å². The maximum Gasteiger partial charge on any atom is 0.0594 e. The second-order valence-corrected chi connectivity index (χ2v) is 5.94. The van der Waals surface area contributed by atoms with Crippen molar-refractivity contribution in [1.29, 1.82) is 0 Å². The number of morpholine rings is 1. The Morgan fingerprint density at radius 3 is 2.35 bits per heavy atom. The molecule has 1 aromatic carbocycles. The Labute approximate surface area is 123 Å². The van der Waals surface area contributed by atoms with E-state index in [0.29, 0.717) is 6.04 Å². The summed E-state index contributed by atoms with van der Waals surface area (Å²) in [5.74, 6) is 0. The van der Waals surface area contributed by atoms with Crippen LogP contribution in [0, 0.1) is 6.92 Å². The SMILES string of the molecule is CCC(C)(C(NC)c1ccc(C)cc1)N1CCOCC1. The van der Waals surface area contributed by atoms with Crippen LogP contribution in [0.2, 0.25) is 0 Å². The molecule has 1 N–H and O–H groups in total. The lowest BCUT2D eigenvalue weighted by Crippen LogP contribution is -2.57. The molecule has 1 fully saturated rings. The lowest BCUT2D eigenvalue weighted by atomic mass is 9.82. The molecule has 1 heterocycles. The van der Waals surface area contributed by atoms with Crippen molar-refractivity contribution in [3.05, 3.63) is 35.4 Å². The summed E-state index contributed by atoms with van der Waals surface area (Å²) >= 11 is 0. The second kappa shape index (κ2) is 6.70. The molecule has 1 saturated heterocycles. The van der Waals surface area contributed by atoms with Gasteiger partial charge < -0.3 is 10.1 Å². The van der Waals surface area contributed by atoms with Crippen LogP contribution in [0.3, 0.4) is 0 Å². The molecule has 2 rings (SSSR count). The lowest BCUT2D eigenvalue weighted by molar-refractivity contribution is -0.0319. The van der Waals surface area contributed by atoms with E-state index in [9.17, 15) is 0 Å². The molecule has 112 valence electrons. The number of nitrogens with one attached hydrogen (secondary N) is 1. The maximum absolute atomic E-state index is 5.51. The van der Waals surface area contributed by atoms with Crippen LogP contribution in [-0.4, -0.2) is 43.8 Å². The molecule has 0 amide bonds. The van der Waals surface area contributed by atoms with Gasteiger partial charge in [-0.1, -0.05) is 36.8 Å². The molecule has 3 heteroatoms. The largest absolute Gasteiger partial charge is 0.379 e. The second-order valence-electron chi connectivity index (χ2n) is 5.94. The van der Waals surface area contributed by atoms with Gasteiger partial charge in [0.05, 0.1) is 19.3 Å². The quantitative estimate of drug-likeness (QED) is 0.895. The molecule has 0 aromatic heterocycles. The molecule has 0 bridgehead atoms. The minimum absolute atomic E-state index is 0.119. The molecular weight excluding hydrogens is 248 g/mol. The number of nitrogens with zero attached hydrogens (tertiary/aromatic N) is 1. The third-order valence-corrected chi connectivity index (χ3v) is 4.77. The van der Waals surface area contributed by atoms with E-state index in [2.05, 4.69) is 62.3 Å². The molecule has 3 nitrogen and oxygen atoms in total. The van der Waals surface area contributed by atoms with E-state index in [-0.39, 0.29) is 5.54 Å². The normalized spacial score (nSPS) is 21.4. The minimum atomic E-state index is 0.119. The van der Waals surface area contributed by atoms with Crippen LogP contribution in [0.15, 0.2) is 24.3 Å². The van der Waals surface area contributed by atoms with Gasteiger partial charge >= 0.3 is 0 Å². The van der Waals surface area contributed by atoms with Crippen molar-refractivity contribution in [1.82, 2.24) is 10.2 Å². The molecule has 0 saturated carbocycles. The number of ether oxygens (including phenoxy) is 1. The van der Waals surface area contributed by atoms with Gasteiger partial charge in [-0.25, -0.2) is 0 Å². The number of hydrogen-bond donors (Lipinski definition) is 1. The van der Waals surface area contributed by atoms with Crippen LogP contribution in [-0.2, 0) is 4.74 Å². The summed E-state index contributed by atoms with van der Waals surface area (Å²) < 4.78 is 5.51. The smallest absolute Gasteiger partial charge is 0.0594 e. The molecular formula is C17H28N2O. The van der Waals surface area contributed by atoms with E-state index < -0.39 is 0 Å². The fourth-order valence-electron chi connectivity index (χ4n) is 3.28. The van der Waals surface area contributed by atoms with Crippen LogP contribution in [0.1, 0.15) is 37.4 Å². The zero-order valence-electron chi connectivity index (χ0n) is 13.3. The van der Waals surface area contributed by atoms with Crippen molar-refractivity contribution in [3.63, 3.8) is 0 Å². The molecule has 2 unspecified atom stereocenters. The van der Waals surface area contributed by atoms with Gasteiger partial charge in [0.1, 0.15) is 0 Å². The zero-order valence-corrected chi connectivity index (χ0v) is 13.3. The van der Waals surface area contributed by atoms with Gasteiger partial charge in [-0.3, -0.25) is 4.90 Å². The summed E-state index contributed by atoms with van der Waals surface area (Å²) in [7, 11) is 2.07. The summed E-state index contributed by atoms with van der Waals surface area (Å²) in [5.41, 5.74) is 2.80. The van der Waals surface area contributed by atoms with Crippen molar-refractivity contribution in [2.75, 3.05) is 33.4 Å². The van der Waals surface area contributed by atoms with Crippen LogP contribution < -0.4 is 5.32 Å². The van der Waals surface area contributed by atoms with Crippen LogP contribution in [0.25, 0.3) is 0 Å². The van der Waals surface area contributed by atoms with E-state index in [4.69, 9.17) is 4.74 Å². The van der Waals surface area contributed by atoms with E-state index >= 15 is 0 Å². The van der Waals surface area contributed by atoms with E-state index in [1.807, 2.05) is 0 Å². The maximum atomic E-state index is 5.51. The highest BCUT2D eigenvalue weighted by Gasteiger charge is 2.38. The topological polar surface area (TPSA) is 24.5 Å². The summed E-state index contributed by atoms with van der Waals surface area (Å²) in [6.45, 7) is 10.5. The molecule has 1 aliphatic rings. The molecule has 1 aromatic rings. The summed E-state index contributed by atoms with van der Waals surface area (Å²) in [5, 5.41) is 3.54. The monoisotopic (exact) mass is 276 g/mol. The Bertz CT molecular complexity index is 412. The van der Waals surface area contributed by atoms with Gasteiger partial charge in [0.2, 0.25) is 0 Å². The van der Waals surface area contributed by atoms with E-state index in [1.54, 1.807) is 0 Å². The van der Waals surface area contributed by atoms with Crippen LogP contribution >= 0.6 is 0 Å². The summed E-state index contributed by atoms with van der Waals surface area (Å²) in [6.07, 6.45) is 1.12. The third kappa shape index (κ3) is 3.05. The van der Waals surface area contributed by atoms with Crippen molar-refractivity contribution < 1.29 is 4.74 Å². The van der Waals surface area contributed by atoms with Gasteiger partial charge in [-0.05, 0) is 32.9 Å². The lowest BCUT2D eigenvalue weighted by Gasteiger charge is -2.48. The molecule has 0 spiro atoms. The van der Waals surface area contributed by atoms with Gasteiger partial charge in [-0.15, -0.1) is 0 Å². The molecule has 0 aliphatic carbocycles. The minimum Gasteiger partial charge on any atom is -0.379 e. The first kappa shape index (κ1) is 15.5. The summed E-state index contributed by atoms with van der Waals surface area (Å²) in [4.78, 5) is 2.58. The van der Waals surface area contributed by atoms with Crippen LogP contribution in [0.4, 0.5) is 0 Å². The van der Waals surface area contributed by atoms with E-state index in [0.717, 1.165) is 32.7 Å². The predicted octanol–water partition coefficient (Wildman–Crippen LogP) is 2.76. The van der Waals surface area contributed by atoms with Gasteiger partial charge in [0.25, 0.3) is 0 Å². The van der Waals surface area contributed by atoms with Crippen LogP contribution in [0.5, 0.6) is 0 Å². The average Bonchev–Trinajstić information content (AvgIpc) is 2.50. The Morgan fingerprint density at radius 2 is 1.85 bits per heavy atom. The summed E-state index contributed by atoms with van der Waals surface area (Å²) in [6, 6.07) is 9.26. The van der Waals surface area contributed by atoms with E-state index in [1.165, 1.54) is 11.1 Å². The molecule has 0 radical (unpaired) electrons. The van der Waals surface area contributed by atoms with Crippen molar-refractivity contribution in [3.8, 4) is 0 Å². The molecule has 20 heavy (non-hydrogen) atoms. The number of aryl methyl sites for hydroxylation is 1.